The SMILES string of the molecule is O=C(N/N=C/c1cccc(OC(=O)c2sc3ccccc3c2Cl)c1)C(=O)Nc1ccc(Cl)c(Cl)c1. The summed E-state index contributed by atoms with van der Waals surface area (Å²) < 4.78 is 6.33. The van der Waals surface area contributed by atoms with Crippen molar-refractivity contribution in [2.45, 2.75) is 0 Å². The van der Waals surface area contributed by atoms with Crippen molar-refractivity contribution in [3.8, 4) is 5.75 Å². The summed E-state index contributed by atoms with van der Waals surface area (Å²) in [7, 11) is 0. The van der Waals surface area contributed by atoms with Gasteiger partial charge in [0, 0.05) is 15.8 Å². The Kier molecular flexibility index (Phi) is 7.67. The first-order valence-electron chi connectivity index (χ1n) is 9.90. The van der Waals surface area contributed by atoms with Crippen molar-refractivity contribution < 1.29 is 19.1 Å². The number of carbonyl (C=O) groups excluding carboxylic acids is 3. The van der Waals surface area contributed by atoms with Gasteiger partial charge in [-0.15, -0.1) is 11.3 Å². The summed E-state index contributed by atoms with van der Waals surface area (Å²) in [6.45, 7) is 0. The van der Waals surface area contributed by atoms with E-state index in [0.29, 0.717) is 26.2 Å². The molecule has 1 heterocycles. The minimum absolute atomic E-state index is 0.234. The summed E-state index contributed by atoms with van der Waals surface area (Å²) in [4.78, 5) is 36.9. The van der Waals surface area contributed by atoms with E-state index in [2.05, 4.69) is 15.8 Å². The number of hydrazone groups is 1. The molecule has 4 aromatic rings. The number of nitrogens with one attached hydrogen (secondary N) is 2. The van der Waals surface area contributed by atoms with Gasteiger partial charge < -0.3 is 10.1 Å². The summed E-state index contributed by atoms with van der Waals surface area (Å²) in [6, 6.07) is 18.3. The first-order valence-corrected chi connectivity index (χ1v) is 11.9. The molecule has 7 nitrogen and oxygen atoms in total. The number of rotatable bonds is 5. The third-order valence-corrected chi connectivity index (χ3v) is 6.95. The Morgan fingerprint density at radius 1 is 0.886 bits per heavy atom. The van der Waals surface area contributed by atoms with E-state index in [1.807, 2.05) is 24.3 Å². The van der Waals surface area contributed by atoms with Crippen LogP contribution in [0.4, 0.5) is 5.69 Å². The first-order chi connectivity index (χ1) is 16.8. The number of amides is 2. The lowest BCUT2D eigenvalue weighted by Gasteiger charge is -2.05. The van der Waals surface area contributed by atoms with Crippen LogP contribution in [0.5, 0.6) is 5.75 Å². The molecule has 0 aliphatic rings. The van der Waals surface area contributed by atoms with Crippen LogP contribution in [0.15, 0.2) is 71.8 Å². The Labute approximate surface area is 218 Å². The Morgan fingerprint density at radius 2 is 1.69 bits per heavy atom. The molecule has 0 aliphatic heterocycles. The van der Waals surface area contributed by atoms with Crippen LogP contribution in [0.25, 0.3) is 10.1 Å². The van der Waals surface area contributed by atoms with Gasteiger partial charge in [0.25, 0.3) is 0 Å². The summed E-state index contributed by atoms with van der Waals surface area (Å²) in [5.41, 5.74) is 2.94. The van der Waals surface area contributed by atoms with Gasteiger partial charge in [-0.25, -0.2) is 10.2 Å². The van der Waals surface area contributed by atoms with E-state index in [0.717, 1.165) is 10.1 Å². The summed E-state index contributed by atoms with van der Waals surface area (Å²) in [5.74, 6) is -2.26. The fraction of sp³-hybridized carbons (Fsp3) is 0. The molecule has 0 fully saturated rings. The molecule has 2 N–H and O–H groups in total. The normalized spacial score (nSPS) is 10.9. The molecule has 11 heteroatoms. The molecule has 176 valence electrons. The van der Waals surface area contributed by atoms with Crippen LogP contribution >= 0.6 is 46.1 Å². The number of benzene rings is 3. The third-order valence-electron chi connectivity index (χ3n) is 4.55. The Hall–Kier alpha value is -3.43. The average molecular weight is 547 g/mol. The number of anilines is 1. The number of hydrogen-bond acceptors (Lipinski definition) is 6. The zero-order valence-electron chi connectivity index (χ0n) is 17.6. The van der Waals surface area contributed by atoms with Crippen molar-refractivity contribution >= 4 is 85.9 Å². The lowest BCUT2D eigenvalue weighted by molar-refractivity contribution is -0.136. The maximum Gasteiger partial charge on any atom is 0.355 e. The second-order valence-electron chi connectivity index (χ2n) is 6.99. The number of thiophene rings is 1. The largest absolute Gasteiger partial charge is 0.422 e. The quantitative estimate of drug-likeness (QED) is 0.103. The van der Waals surface area contributed by atoms with Gasteiger partial charge in [0.1, 0.15) is 10.6 Å². The molecular formula is C24H14Cl3N3O4S. The molecule has 2 amide bonds. The molecule has 3 aromatic carbocycles. The molecule has 0 bridgehead atoms. The molecule has 1 aromatic heterocycles. The van der Waals surface area contributed by atoms with Gasteiger partial charge in [0.05, 0.1) is 21.3 Å². The lowest BCUT2D eigenvalue weighted by Crippen LogP contribution is -2.32. The second-order valence-corrected chi connectivity index (χ2v) is 9.23. The highest BCUT2D eigenvalue weighted by Gasteiger charge is 2.19. The molecule has 0 atom stereocenters. The highest BCUT2D eigenvalue weighted by Crippen LogP contribution is 2.35. The van der Waals surface area contributed by atoms with E-state index in [9.17, 15) is 14.4 Å². The van der Waals surface area contributed by atoms with Gasteiger partial charge in [0.2, 0.25) is 0 Å². The standard InChI is InChI=1S/C24H14Cl3N3O4S/c25-17-9-8-14(11-18(17)26)29-22(31)23(32)30-28-12-13-4-3-5-15(10-13)34-24(33)21-20(27)16-6-1-2-7-19(16)35-21/h1-12H,(H,29,31)(H,30,32)/b28-12+. The number of hydrogen-bond donors (Lipinski definition) is 2. The van der Waals surface area contributed by atoms with E-state index in [1.54, 1.807) is 24.3 Å². The van der Waals surface area contributed by atoms with E-state index in [-0.39, 0.29) is 10.8 Å². The van der Waals surface area contributed by atoms with Crippen molar-refractivity contribution in [2.75, 3.05) is 5.32 Å². The van der Waals surface area contributed by atoms with Crippen LogP contribution in [-0.2, 0) is 9.59 Å². The molecular weight excluding hydrogens is 533 g/mol. The van der Waals surface area contributed by atoms with Gasteiger partial charge in [0.15, 0.2) is 0 Å². The van der Waals surface area contributed by atoms with Crippen LogP contribution in [-0.4, -0.2) is 24.0 Å². The summed E-state index contributed by atoms with van der Waals surface area (Å²) >= 11 is 19.3. The third kappa shape index (κ3) is 5.98. The number of nitrogens with zero attached hydrogens (tertiary/aromatic N) is 1. The van der Waals surface area contributed by atoms with Gasteiger partial charge in [-0.2, -0.15) is 5.10 Å². The van der Waals surface area contributed by atoms with Gasteiger partial charge in [-0.3, -0.25) is 9.59 Å². The van der Waals surface area contributed by atoms with Crippen molar-refractivity contribution in [3.63, 3.8) is 0 Å². The molecule has 0 spiro atoms. The predicted octanol–water partition coefficient (Wildman–Crippen LogP) is 6.17. The number of esters is 1. The number of carbonyl (C=O) groups is 3. The maximum atomic E-state index is 12.6. The van der Waals surface area contributed by atoms with Gasteiger partial charge >= 0.3 is 17.8 Å². The van der Waals surface area contributed by atoms with Crippen molar-refractivity contribution in [3.05, 3.63) is 92.2 Å². The van der Waals surface area contributed by atoms with Crippen LogP contribution in [0, 0.1) is 0 Å². The molecule has 0 saturated carbocycles. The fourth-order valence-corrected chi connectivity index (χ4v) is 4.62. The zero-order chi connectivity index (χ0) is 24.9. The van der Waals surface area contributed by atoms with E-state index < -0.39 is 17.8 Å². The minimum atomic E-state index is -0.991. The highest BCUT2D eigenvalue weighted by molar-refractivity contribution is 7.21. The van der Waals surface area contributed by atoms with E-state index in [1.165, 1.54) is 35.8 Å². The first kappa shape index (κ1) is 24.7. The molecule has 4 rings (SSSR count). The predicted molar refractivity (Wildman–Crippen MR) is 139 cm³/mol. The van der Waals surface area contributed by atoms with Crippen LogP contribution in [0.1, 0.15) is 15.2 Å². The smallest absolute Gasteiger partial charge is 0.355 e. The Balaban J connectivity index is 1.36. The maximum absolute atomic E-state index is 12.6. The Bertz CT molecular complexity index is 1490. The Morgan fingerprint density at radius 3 is 2.46 bits per heavy atom. The molecule has 0 radical (unpaired) electrons. The van der Waals surface area contributed by atoms with Gasteiger partial charge in [-0.05, 0) is 42.0 Å². The molecule has 35 heavy (non-hydrogen) atoms. The molecule has 0 unspecified atom stereocenters. The fourth-order valence-electron chi connectivity index (χ4n) is 2.93. The number of fused-ring (bicyclic) bond motifs is 1. The molecule has 0 saturated heterocycles. The minimum Gasteiger partial charge on any atom is -0.422 e. The van der Waals surface area contributed by atoms with Crippen LogP contribution in [0.3, 0.4) is 0 Å². The zero-order valence-corrected chi connectivity index (χ0v) is 20.6. The second kappa shape index (κ2) is 10.9. The van der Waals surface area contributed by atoms with Crippen LogP contribution in [0.2, 0.25) is 15.1 Å². The lowest BCUT2D eigenvalue weighted by atomic mass is 10.2. The van der Waals surface area contributed by atoms with Crippen molar-refractivity contribution in [1.29, 1.82) is 0 Å². The topological polar surface area (TPSA) is 96.9 Å². The number of ether oxygens (including phenoxy) is 1. The average Bonchev–Trinajstić information content (AvgIpc) is 3.18. The van der Waals surface area contributed by atoms with Crippen LogP contribution < -0.4 is 15.5 Å². The summed E-state index contributed by atoms with van der Waals surface area (Å²) in [5, 5.41) is 7.83. The molecule has 0 aliphatic carbocycles. The monoisotopic (exact) mass is 545 g/mol. The van der Waals surface area contributed by atoms with Gasteiger partial charge in [-0.1, -0.05) is 65.1 Å². The summed E-state index contributed by atoms with van der Waals surface area (Å²) in [6.07, 6.45) is 1.30. The van der Waals surface area contributed by atoms with E-state index in [4.69, 9.17) is 39.5 Å². The highest BCUT2D eigenvalue weighted by atomic mass is 35.5. The van der Waals surface area contributed by atoms with Crippen molar-refractivity contribution in [1.82, 2.24) is 5.43 Å². The number of halogens is 3. The van der Waals surface area contributed by atoms with Crippen molar-refractivity contribution in [2.24, 2.45) is 5.10 Å². The van der Waals surface area contributed by atoms with E-state index >= 15 is 0 Å².